The Bertz CT molecular complexity index is 335. The van der Waals surface area contributed by atoms with Crippen molar-refractivity contribution in [2.45, 2.75) is 25.0 Å². The molecule has 2 unspecified atom stereocenters. The number of nitrogens with one attached hydrogen (secondary N) is 1. The molecule has 2 atom stereocenters. The van der Waals surface area contributed by atoms with E-state index in [9.17, 15) is 0 Å². The third kappa shape index (κ3) is 1.35. The van der Waals surface area contributed by atoms with Crippen molar-refractivity contribution in [3.05, 3.63) is 35.9 Å². The molecule has 0 saturated carbocycles. The van der Waals surface area contributed by atoms with Crippen LogP contribution in [-0.4, -0.2) is 29.6 Å². The summed E-state index contributed by atoms with van der Waals surface area (Å²) in [6.45, 7) is 5.84. The van der Waals surface area contributed by atoms with Crippen LogP contribution < -0.4 is 5.32 Å². The number of nitrogens with zero attached hydrogens (tertiary/aromatic N) is 1. The van der Waals surface area contributed by atoms with Crippen LogP contribution in [0.15, 0.2) is 30.3 Å². The Morgan fingerprint density at radius 2 is 2.21 bits per heavy atom. The first-order valence-corrected chi connectivity index (χ1v) is 5.30. The van der Waals surface area contributed by atoms with E-state index in [1.807, 2.05) is 0 Å². The van der Waals surface area contributed by atoms with Crippen LogP contribution in [0.3, 0.4) is 0 Å². The van der Waals surface area contributed by atoms with E-state index in [2.05, 4.69) is 47.5 Å². The van der Waals surface area contributed by atoms with E-state index >= 15 is 0 Å². The first-order valence-electron chi connectivity index (χ1n) is 5.30. The lowest BCUT2D eigenvalue weighted by Gasteiger charge is -2.18. The van der Waals surface area contributed by atoms with Gasteiger partial charge in [0, 0.05) is 31.2 Å². The highest BCUT2D eigenvalue weighted by Gasteiger charge is 2.55. The van der Waals surface area contributed by atoms with Crippen LogP contribution in [0.25, 0.3) is 0 Å². The van der Waals surface area contributed by atoms with Gasteiger partial charge >= 0.3 is 0 Å². The molecule has 2 aliphatic rings. The minimum absolute atomic E-state index is 0.439. The zero-order valence-electron chi connectivity index (χ0n) is 8.53. The molecule has 1 N–H and O–H groups in total. The fourth-order valence-electron chi connectivity index (χ4n) is 2.51. The van der Waals surface area contributed by atoms with E-state index in [0.29, 0.717) is 5.54 Å². The topological polar surface area (TPSA) is 25.2 Å². The van der Waals surface area contributed by atoms with Crippen LogP contribution in [-0.2, 0) is 6.54 Å². The summed E-state index contributed by atoms with van der Waals surface area (Å²) >= 11 is 0. The normalized spacial score (nSPS) is 35.6. The van der Waals surface area contributed by atoms with Crippen LogP contribution >= 0.6 is 0 Å². The van der Waals surface area contributed by atoms with Crippen molar-refractivity contribution >= 4 is 0 Å². The van der Waals surface area contributed by atoms with Gasteiger partial charge in [-0.05, 0) is 12.5 Å². The molecule has 0 radical (unpaired) electrons. The zero-order valence-corrected chi connectivity index (χ0v) is 8.53. The number of hydrogen-bond acceptors (Lipinski definition) is 2. The molecule has 2 nitrogen and oxygen atoms in total. The summed E-state index contributed by atoms with van der Waals surface area (Å²) in [5.74, 6) is 0. The van der Waals surface area contributed by atoms with Gasteiger partial charge in [0.2, 0.25) is 0 Å². The lowest BCUT2D eigenvalue weighted by Crippen LogP contribution is -2.30. The Labute approximate surface area is 84.9 Å². The monoisotopic (exact) mass is 188 g/mol. The van der Waals surface area contributed by atoms with Crippen LogP contribution in [0.4, 0.5) is 0 Å². The van der Waals surface area contributed by atoms with Crippen LogP contribution in [0.1, 0.15) is 12.5 Å². The predicted octanol–water partition coefficient (Wildman–Crippen LogP) is 1.23. The summed E-state index contributed by atoms with van der Waals surface area (Å²) < 4.78 is 0. The molecule has 2 saturated heterocycles. The molecule has 14 heavy (non-hydrogen) atoms. The summed E-state index contributed by atoms with van der Waals surface area (Å²) in [6.07, 6.45) is 0. The van der Waals surface area contributed by atoms with E-state index in [0.717, 1.165) is 12.6 Å². The van der Waals surface area contributed by atoms with Crippen LogP contribution in [0.2, 0.25) is 0 Å². The second-order valence-electron chi connectivity index (χ2n) is 4.77. The fraction of sp³-hybridized carbons (Fsp3) is 0.500. The molecule has 2 aliphatic heterocycles. The van der Waals surface area contributed by atoms with Gasteiger partial charge in [-0.3, -0.25) is 4.90 Å². The summed E-state index contributed by atoms with van der Waals surface area (Å²) in [5, 5.41) is 3.52. The van der Waals surface area contributed by atoms with Gasteiger partial charge < -0.3 is 5.32 Å². The highest BCUT2D eigenvalue weighted by molar-refractivity contribution is 5.21. The molecule has 1 aromatic carbocycles. The van der Waals surface area contributed by atoms with E-state index in [4.69, 9.17) is 0 Å². The van der Waals surface area contributed by atoms with Crippen molar-refractivity contribution in [1.29, 1.82) is 0 Å². The van der Waals surface area contributed by atoms with Gasteiger partial charge in [-0.25, -0.2) is 0 Å². The third-order valence-electron chi connectivity index (χ3n) is 3.43. The Morgan fingerprint density at radius 3 is 2.86 bits per heavy atom. The highest BCUT2D eigenvalue weighted by atomic mass is 15.4. The molecule has 74 valence electrons. The first-order chi connectivity index (χ1) is 6.76. The lowest BCUT2D eigenvalue weighted by molar-refractivity contribution is 0.289. The number of likely N-dealkylation sites (tertiary alicyclic amines) is 1. The molecule has 2 heterocycles. The Kier molecular flexibility index (Phi) is 1.70. The maximum absolute atomic E-state index is 3.52. The van der Waals surface area contributed by atoms with Gasteiger partial charge in [-0.15, -0.1) is 0 Å². The summed E-state index contributed by atoms with van der Waals surface area (Å²) in [7, 11) is 0. The molecule has 0 bridgehead atoms. The van der Waals surface area contributed by atoms with Gasteiger partial charge in [0.1, 0.15) is 0 Å². The van der Waals surface area contributed by atoms with Gasteiger partial charge in [-0.1, -0.05) is 30.3 Å². The average molecular weight is 188 g/mol. The molecule has 0 spiro atoms. The Morgan fingerprint density at radius 1 is 1.43 bits per heavy atom. The maximum atomic E-state index is 3.52. The summed E-state index contributed by atoms with van der Waals surface area (Å²) in [6, 6.07) is 11.5. The maximum Gasteiger partial charge on any atom is 0.0451 e. The van der Waals surface area contributed by atoms with Crippen molar-refractivity contribution in [3.63, 3.8) is 0 Å². The molecule has 0 aliphatic carbocycles. The number of fused-ring (bicyclic) bond motifs is 1. The zero-order chi connectivity index (χ0) is 9.60. The minimum Gasteiger partial charge on any atom is -0.303 e. The van der Waals surface area contributed by atoms with Gasteiger partial charge in [-0.2, -0.15) is 0 Å². The number of rotatable bonds is 2. The molecule has 3 rings (SSSR count). The van der Waals surface area contributed by atoms with Crippen LogP contribution in [0, 0.1) is 0 Å². The first kappa shape index (κ1) is 8.45. The Balaban J connectivity index is 1.65. The molecule has 1 aromatic rings. The molecular formula is C12H16N2. The number of piperazine rings is 1. The molecule has 2 heteroatoms. The van der Waals surface area contributed by atoms with E-state index in [1.165, 1.54) is 18.7 Å². The highest BCUT2D eigenvalue weighted by Crippen LogP contribution is 2.34. The molecule has 0 aromatic heterocycles. The fourth-order valence-corrected chi connectivity index (χ4v) is 2.51. The van der Waals surface area contributed by atoms with E-state index < -0.39 is 0 Å². The molecule has 2 fully saturated rings. The third-order valence-corrected chi connectivity index (χ3v) is 3.43. The van der Waals surface area contributed by atoms with Crippen molar-refractivity contribution in [2.75, 3.05) is 13.1 Å². The average Bonchev–Trinajstić information content (AvgIpc) is 2.67. The number of benzene rings is 1. The van der Waals surface area contributed by atoms with Gasteiger partial charge in [0.25, 0.3) is 0 Å². The van der Waals surface area contributed by atoms with Gasteiger partial charge in [0.05, 0.1) is 0 Å². The summed E-state index contributed by atoms with van der Waals surface area (Å²) in [5.41, 5.74) is 1.87. The quantitative estimate of drug-likeness (QED) is 0.706. The summed E-state index contributed by atoms with van der Waals surface area (Å²) in [4.78, 5) is 2.54. The standard InChI is InChI=1S/C12H16N2/c1-12-9-14(8-11(12)13-12)7-10-5-3-2-4-6-10/h2-6,11,13H,7-9H2,1H3. The minimum atomic E-state index is 0.439. The SMILES string of the molecule is CC12CN(Cc3ccccc3)CC1N2. The second-order valence-corrected chi connectivity index (χ2v) is 4.77. The second kappa shape index (κ2) is 2.81. The van der Waals surface area contributed by atoms with E-state index in [-0.39, 0.29) is 0 Å². The molecular weight excluding hydrogens is 172 g/mol. The van der Waals surface area contributed by atoms with Crippen molar-refractivity contribution in [2.24, 2.45) is 0 Å². The van der Waals surface area contributed by atoms with Gasteiger partial charge in [0.15, 0.2) is 0 Å². The number of hydrogen-bond donors (Lipinski definition) is 1. The molecule has 0 amide bonds. The Hall–Kier alpha value is -0.860. The van der Waals surface area contributed by atoms with E-state index in [1.54, 1.807) is 0 Å². The lowest BCUT2D eigenvalue weighted by atomic mass is 10.1. The smallest absolute Gasteiger partial charge is 0.0451 e. The van der Waals surface area contributed by atoms with Crippen molar-refractivity contribution < 1.29 is 0 Å². The largest absolute Gasteiger partial charge is 0.303 e. The van der Waals surface area contributed by atoms with Crippen LogP contribution in [0.5, 0.6) is 0 Å². The van der Waals surface area contributed by atoms with Crippen molar-refractivity contribution in [1.82, 2.24) is 10.2 Å². The van der Waals surface area contributed by atoms with Crippen molar-refractivity contribution in [3.8, 4) is 0 Å². The predicted molar refractivity (Wildman–Crippen MR) is 57.0 cm³/mol.